The summed E-state index contributed by atoms with van der Waals surface area (Å²) in [6, 6.07) is 17.5. The van der Waals surface area contributed by atoms with Gasteiger partial charge in [0.05, 0.1) is 30.7 Å². The number of aliphatic imine (C=N–C) groups is 1. The van der Waals surface area contributed by atoms with E-state index in [0.29, 0.717) is 18.5 Å². The van der Waals surface area contributed by atoms with Crippen molar-refractivity contribution in [2.45, 2.75) is 154 Å². The second kappa shape index (κ2) is 21.8. The quantitative estimate of drug-likeness (QED) is 0.0611. The Bertz CT molecular complexity index is 1440. The molecule has 1 atom stereocenters. The predicted molar refractivity (Wildman–Crippen MR) is 218 cm³/mol. The van der Waals surface area contributed by atoms with E-state index in [2.05, 4.69) is 96.4 Å². The van der Waals surface area contributed by atoms with Gasteiger partial charge in [-0.3, -0.25) is 4.79 Å². The molecule has 2 saturated carbocycles. The van der Waals surface area contributed by atoms with E-state index in [1.165, 1.54) is 113 Å². The summed E-state index contributed by atoms with van der Waals surface area (Å²) >= 11 is 0. The van der Waals surface area contributed by atoms with Crippen LogP contribution in [0.5, 0.6) is 0 Å². The number of halogens is 1. The number of guanidine groups is 1. The van der Waals surface area contributed by atoms with Crippen LogP contribution in [-0.2, 0) is 17.4 Å². The van der Waals surface area contributed by atoms with Gasteiger partial charge in [-0.2, -0.15) is 0 Å². The number of nitrogens with one attached hydrogen (secondary N) is 4. The Balaban J connectivity index is 0.00000583. The minimum atomic E-state index is -1.05. The third kappa shape index (κ3) is 12.8. The van der Waals surface area contributed by atoms with Crippen LogP contribution in [0.25, 0.3) is 10.9 Å². The lowest BCUT2D eigenvalue weighted by Crippen LogP contribution is -3.00. The molecule has 4 N–H and O–H groups in total. The summed E-state index contributed by atoms with van der Waals surface area (Å²) in [5, 5.41) is 12.0. The number of para-hydroxylation sites is 1. The highest BCUT2D eigenvalue weighted by atomic mass is 35.5. The van der Waals surface area contributed by atoms with Crippen LogP contribution in [0.4, 0.5) is 5.69 Å². The van der Waals surface area contributed by atoms with Gasteiger partial charge in [-0.05, 0) is 74.3 Å². The molecule has 0 radical (unpaired) electrons. The zero-order chi connectivity index (χ0) is 35.0. The first-order valence-electron chi connectivity index (χ1n) is 20.4. The summed E-state index contributed by atoms with van der Waals surface area (Å²) in [5.41, 5.74) is 4.55. The molecule has 3 aromatic rings. The van der Waals surface area contributed by atoms with Crippen molar-refractivity contribution in [2.24, 2.45) is 4.99 Å². The fourth-order valence-corrected chi connectivity index (χ4v) is 13.3. The van der Waals surface area contributed by atoms with Crippen LogP contribution >= 0.6 is 7.26 Å². The minimum absolute atomic E-state index is 0. The average molecular weight is 736 g/mol. The van der Waals surface area contributed by atoms with Crippen molar-refractivity contribution in [3.05, 3.63) is 65.9 Å². The van der Waals surface area contributed by atoms with Crippen LogP contribution in [0.15, 0.2) is 59.7 Å². The lowest BCUT2D eigenvalue weighted by molar-refractivity contribution is -0.117. The maximum absolute atomic E-state index is 14.3. The van der Waals surface area contributed by atoms with Gasteiger partial charge in [0.2, 0.25) is 5.91 Å². The lowest BCUT2D eigenvalue weighted by Gasteiger charge is -2.29. The molecule has 0 bridgehead atoms. The number of amides is 1. The summed E-state index contributed by atoms with van der Waals surface area (Å²) < 4.78 is 0. The molecule has 6 nitrogen and oxygen atoms in total. The van der Waals surface area contributed by atoms with E-state index in [0.717, 1.165) is 48.4 Å². The summed E-state index contributed by atoms with van der Waals surface area (Å²) in [6.45, 7) is 7.01. The molecule has 0 aliphatic heterocycles. The SMILES string of the molecule is CCCC[P+](CCCC)(CCCC)Cc1ccc(NC(=O)[C@H](Cc2c[nH]c3ccccc23)NC(=NC2CCCCC2)NC2CCCCC2)cc1.[Cl-]. The largest absolute Gasteiger partial charge is 1.00 e. The Labute approximate surface area is 316 Å². The van der Waals surface area contributed by atoms with Crippen LogP contribution < -0.4 is 28.4 Å². The number of unbranched alkanes of at least 4 members (excludes halogenated alkanes) is 3. The molecule has 0 saturated heterocycles. The molecule has 1 aromatic heterocycles. The molecule has 1 heterocycles. The van der Waals surface area contributed by atoms with Gasteiger partial charge in [0, 0.05) is 42.5 Å². The number of carbonyl (C=O) groups is 1. The van der Waals surface area contributed by atoms with Gasteiger partial charge in [-0.1, -0.05) is 109 Å². The number of rotatable bonds is 18. The number of hydrogen-bond acceptors (Lipinski definition) is 2. The average Bonchev–Trinajstić information content (AvgIpc) is 3.56. The monoisotopic (exact) mass is 735 g/mol. The van der Waals surface area contributed by atoms with Crippen molar-refractivity contribution in [3.8, 4) is 0 Å². The summed E-state index contributed by atoms with van der Waals surface area (Å²) in [6.07, 6.45) is 28.2. The van der Waals surface area contributed by atoms with Gasteiger partial charge in [-0.15, -0.1) is 0 Å². The molecule has 51 heavy (non-hydrogen) atoms. The first-order valence-corrected chi connectivity index (χ1v) is 22.9. The minimum Gasteiger partial charge on any atom is -1.00 e. The van der Waals surface area contributed by atoms with Crippen LogP contribution in [0, 0.1) is 0 Å². The number of carbonyl (C=O) groups excluding carboxylic acids is 1. The van der Waals surface area contributed by atoms with Crippen LogP contribution in [0.3, 0.4) is 0 Å². The van der Waals surface area contributed by atoms with E-state index in [9.17, 15) is 4.79 Å². The molecule has 2 aliphatic rings. The fourth-order valence-electron chi connectivity index (χ4n) is 8.21. The summed E-state index contributed by atoms with van der Waals surface area (Å²) in [7, 11) is -1.05. The van der Waals surface area contributed by atoms with E-state index >= 15 is 0 Å². The van der Waals surface area contributed by atoms with Crippen LogP contribution in [-0.4, -0.2) is 53.5 Å². The predicted octanol–water partition coefficient (Wildman–Crippen LogP) is 7.84. The molecule has 0 unspecified atom stereocenters. The molecule has 5 rings (SSSR count). The standard InChI is InChI=1S/C43H66N5OP.ClH/c1-4-7-28-50(29-8-5-2,30-9-6-3)33-34-24-26-38(27-25-34)45-42(49)41(31-35-32-44-40-23-17-16-22-39(35)40)48-43(46-36-18-12-10-13-19-36)47-37-20-14-11-15-21-37;/h16-17,22-27,32,36-37,41,44H,4-15,18-21,28-31,33H2,1-3H3,(H2-,45,46,47,48,49);1H/t41-;/m0./s1. The molecule has 0 spiro atoms. The first kappa shape index (κ1) is 41.2. The number of benzene rings is 2. The van der Waals surface area contributed by atoms with Crippen molar-refractivity contribution in [1.82, 2.24) is 15.6 Å². The second-order valence-electron chi connectivity index (χ2n) is 15.4. The van der Waals surface area contributed by atoms with E-state index < -0.39 is 13.3 Å². The van der Waals surface area contributed by atoms with Crippen LogP contribution in [0.2, 0.25) is 0 Å². The van der Waals surface area contributed by atoms with Crippen molar-refractivity contribution in [2.75, 3.05) is 23.8 Å². The topological polar surface area (TPSA) is 81.3 Å². The van der Waals surface area contributed by atoms with Gasteiger partial charge < -0.3 is 33.3 Å². The zero-order valence-electron chi connectivity index (χ0n) is 32.0. The highest BCUT2D eigenvalue weighted by Crippen LogP contribution is 2.63. The number of aromatic amines is 1. The Morgan fingerprint density at radius 1 is 0.824 bits per heavy atom. The molecule has 2 aliphatic carbocycles. The summed E-state index contributed by atoms with van der Waals surface area (Å²) in [4.78, 5) is 23.0. The molecule has 8 heteroatoms. The molecule has 282 valence electrons. The van der Waals surface area contributed by atoms with Crippen molar-refractivity contribution < 1.29 is 17.2 Å². The smallest absolute Gasteiger partial charge is 0.247 e. The van der Waals surface area contributed by atoms with Gasteiger partial charge in [0.25, 0.3) is 0 Å². The number of anilines is 1. The zero-order valence-corrected chi connectivity index (χ0v) is 33.6. The lowest BCUT2D eigenvalue weighted by atomic mass is 9.95. The van der Waals surface area contributed by atoms with E-state index in [-0.39, 0.29) is 18.3 Å². The summed E-state index contributed by atoms with van der Waals surface area (Å²) in [5.74, 6) is 0.797. The van der Waals surface area contributed by atoms with Crippen molar-refractivity contribution >= 4 is 35.7 Å². The van der Waals surface area contributed by atoms with Crippen molar-refractivity contribution in [3.63, 3.8) is 0 Å². The van der Waals surface area contributed by atoms with Crippen LogP contribution in [0.1, 0.15) is 135 Å². The number of H-pyrrole nitrogens is 1. The van der Waals surface area contributed by atoms with Gasteiger partial charge in [-0.25, -0.2) is 4.99 Å². The van der Waals surface area contributed by atoms with Crippen molar-refractivity contribution in [1.29, 1.82) is 0 Å². The molecular weight excluding hydrogens is 669 g/mol. The van der Waals surface area contributed by atoms with Gasteiger partial charge in [0.15, 0.2) is 5.96 Å². The number of fused-ring (bicyclic) bond motifs is 1. The number of hydrogen-bond donors (Lipinski definition) is 4. The Kier molecular flexibility index (Phi) is 17.6. The normalized spacial score (nSPS) is 16.8. The molecule has 2 aromatic carbocycles. The maximum Gasteiger partial charge on any atom is 0.247 e. The number of nitrogens with zero attached hydrogens (tertiary/aromatic N) is 1. The Hall–Kier alpha value is -2.56. The maximum atomic E-state index is 14.3. The second-order valence-corrected chi connectivity index (χ2v) is 19.8. The molecule has 2 fully saturated rings. The van der Waals surface area contributed by atoms with E-state index in [1.54, 1.807) is 0 Å². The molecular formula is C43H67ClN5OP. The first-order chi connectivity index (χ1) is 24.5. The number of aromatic nitrogens is 1. The third-order valence-electron chi connectivity index (χ3n) is 11.3. The molecule has 1 amide bonds. The van der Waals surface area contributed by atoms with Gasteiger partial charge in [0.1, 0.15) is 6.04 Å². The van der Waals surface area contributed by atoms with Gasteiger partial charge >= 0.3 is 0 Å². The third-order valence-corrected chi connectivity index (χ3v) is 16.1. The highest BCUT2D eigenvalue weighted by molar-refractivity contribution is 7.75. The van der Waals surface area contributed by atoms with E-state index in [1.807, 2.05) is 0 Å². The highest BCUT2D eigenvalue weighted by Gasteiger charge is 2.35. The fraction of sp³-hybridized carbons (Fsp3) is 0.628. The van der Waals surface area contributed by atoms with E-state index in [4.69, 9.17) is 4.99 Å². The Morgan fingerprint density at radius 2 is 1.43 bits per heavy atom. The Morgan fingerprint density at radius 3 is 2.06 bits per heavy atom.